The standard InChI is InChI=1S/C29H30F3N5O3/c1-18(2)16-23-33-26(24-25(35-40-27(24)34-23)19-8-6-9-20(17-19)29(30,31)32)36-12-7-13-37(15-14-36)28(38)21-10-4-5-11-22(21)39-3/h4-6,8-11,17-18H,7,12-16H2,1-3H3. The maximum absolute atomic E-state index is 13.5. The molecule has 1 amide bonds. The highest BCUT2D eigenvalue weighted by Gasteiger charge is 2.32. The lowest BCUT2D eigenvalue weighted by Gasteiger charge is -2.24. The zero-order valence-electron chi connectivity index (χ0n) is 22.5. The SMILES string of the molecule is COc1ccccc1C(=O)N1CCCN(c2nc(CC(C)C)nc3onc(-c4cccc(C(F)(F)F)c4)c23)CC1. The molecule has 40 heavy (non-hydrogen) atoms. The maximum atomic E-state index is 13.5. The van der Waals surface area contributed by atoms with E-state index < -0.39 is 11.7 Å². The van der Waals surface area contributed by atoms with E-state index in [0.29, 0.717) is 67.4 Å². The molecule has 4 aromatic rings. The van der Waals surface area contributed by atoms with E-state index in [1.165, 1.54) is 13.2 Å². The van der Waals surface area contributed by atoms with E-state index in [1.54, 1.807) is 29.2 Å². The molecule has 8 nitrogen and oxygen atoms in total. The molecule has 0 aliphatic carbocycles. The molecule has 0 unspecified atom stereocenters. The Morgan fingerprint density at radius 2 is 1.85 bits per heavy atom. The fraction of sp³-hybridized carbons (Fsp3) is 0.379. The number of aromatic nitrogens is 3. The lowest BCUT2D eigenvalue weighted by Crippen LogP contribution is -2.35. The molecule has 0 spiro atoms. The number of methoxy groups -OCH3 is 1. The molecular weight excluding hydrogens is 523 g/mol. The first-order valence-electron chi connectivity index (χ1n) is 13.2. The Bertz CT molecular complexity index is 1520. The number of nitrogens with zero attached hydrogens (tertiary/aromatic N) is 5. The van der Waals surface area contributed by atoms with Gasteiger partial charge in [0, 0.05) is 38.2 Å². The number of para-hydroxylation sites is 1. The summed E-state index contributed by atoms with van der Waals surface area (Å²) in [5, 5.41) is 4.59. The number of amides is 1. The minimum absolute atomic E-state index is 0.123. The number of hydrogen-bond acceptors (Lipinski definition) is 7. The normalized spacial score (nSPS) is 14.6. The number of hydrogen-bond donors (Lipinski definition) is 0. The van der Waals surface area contributed by atoms with Crippen LogP contribution in [0.3, 0.4) is 0 Å². The second-order valence-corrected chi connectivity index (χ2v) is 10.2. The van der Waals surface area contributed by atoms with Crippen LogP contribution in [-0.4, -0.2) is 59.2 Å². The summed E-state index contributed by atoms with van der Waals surface area (Å²) in [7, 11) is 1.53. The minimum Gasteiger partial charge on any atom is -0.496 e. The van der Waals surface area contributed by atoms with Crippen molar-refractivity contribution in [1.82, 2.24) is 20.0 Å². The third kappa shape index (κ3) is 5.59. The van der Waals surface area contributed by atoms with Crippen molar-refractivity contribution in [3.63, 3.8) is 0 Å². The van der Waals surface area contributed by atoms with Crippen molar-refractivity contribution in [2.75, 3.05) is 38.2 Å². The van der Waals surface area contributed by atoms with Crippen LogP contribution >= 0.6 is 0 Å². The quantitative estimate of drug-likeness (QED) is 0.296. The summed E-state index contributed by atoms with van der Waals surface area (Å²) in [5.41, 5.74) is 0.448. The van der Waals surface area contributed by atoms with E-state index in [2.05, 4.69) is 24.0 Å². The first kappa shape index (κ1) is 27.4. The fourth-order valence-electron chi connectivity index (χ4n) is 4.93. The number of rotatable bonds is 6. The average Bonchev–Trinajstić information content (AvgIpc) is 3.20. The highest BCUT2D eigenvalue weighted by atomic mass is 19.4. The van der Waals surface area contributed by atoms with E-state index in [0.717, 1.165) is 12.1 Å². The Hall–Kier alpha value is -4.15. The molecule has 0 atom stereocenters. The van der Waals surface area contributed by atoms with Gasteiger partial charge in [-0.25, -0.2) is 4.98 Å². The van der Waals surface area contributed by atoms with E-state index in [-0.39, 0.29) is 28.8 Å². The summed E-state index contributed by atoms with van der Waals surface area (Å²) >= 11 is 0. The predicted octanol–water partition coefficient (Wildman–Crippen LogP) is 5.86. The van der Waals surface area contributed by atoms with Gasteiger partial charge in [-0.05, 0) is 36.6 Å². The smallest absolute Gasteiger partial charge is 0.416 e. The van der Waals surface area contributed by atoms with Gasteiger partial charge in [0.2, 0.25) is 0 Å². The van der Waals surface area contributed by atoms with Crippen LogP contribution in [0.5, 0.6) is 5.75 Å². The third-order valence-corrected chi connectivity index (χ3v) is 6.84. The van der Waals surface area contributed by atoms with Gasteiger partial charge in [-0.3, -0.25) is 4.79 Å². The molecule has 1 fully saturated rings. The highest BCUT2D eigenvalue weighted by molar-refractivity contribution is 5.99. The van der Waals surface area contributed by atoms with Crippen molar-refractivity contribution in [2.45, 2.75) is 32.9 Å². The number of alkyl halides is 3. The summed E-state index contributed by atoms with van der Waals surface area (Å²) in [6.07, 6.45) is -3.24. The van der Waals surface area contributed by atoms with Gasteiger partial charge in [0.05, 0.1) is 18.2 Å². The first-order valence-corrected chi connectivity index (χ1v) is 13.2. The van der Waals surface area contributed by atoms with Crippen molar-refractivity contribution in [3.8, 4) is 17.0 Å². The van der Waals surface area contributed by atoms with Gasteiger partial charge >= 0.3 is 6.18 Å². The summed E-state index contributed by atoms with van der Waals surface area (Å²) in [6, 6.07) is 12.1. The average molecular weight is 554 g/mol. The van der Waals surface area contributed by atoms with Gasteiger partial charge in [0.15, 0.2) is 0 Å². The zero-order chi connectivity index (χ0) is 28.4. The molecule has 2 aromatic heterocycles. The monoisotopic (exact) mass is 553 g/mol. The van der Waals surface area contributed by atoms with Crippen molar-refractivity contribution >= 4 is 22.8 Å². The summed E-state index contributed by atoms with van der Waals surface area (Å²) in [4.78, 5) is 26.6. The Labute approximate surface area is 229 Å². The number of carbonyl (C=O) groups excluding carboxylic acids is 1. The molecule has 0 radical (unpaired) electrons. The van der Waals surface area contributed by atoms with Gasteiger partial charge in [-0.15, -0.1) is 0 Å². The second-order valence-electron chi connectivity index (χ2n) is 10.2. The van der Waals surface area contributed by atoms with Crippen molar-refractivity contribution in [3.05, 3.63) is 65.5 Å². The second kappa shape index (κ2) is 11.1. The molecule has 0 N–H and O–H groups in total. The van der Waals surface area contributed by atoms with Crippen LogP contribution in [0.15, 0.2) is 53.1 Å². The Kier molecular flexibility index (Phi) is 7.64. The third-order valence-electron chi connectivity index (χ3n) is 6.84. The summed E-state index contributed by atoms with van der Waals surface area (Å²) in [6.45, 7) is 6.10. The number of carbonyl (C=O) groups is 1. The predicted molar refractivity (Wildman–Crippen MR) is 144 cm³/mol. The van der Waals surface area contributed by atoms with Crippen LogP contribution in [-0.2, 0) is 12.6 Å². The molecule has 1 aliphatic rings. The van der Waals surface area contributed by atoms with Gasteiger partial charge in [0.1, 0.15) is 28.5 Å². The molecule has 3 heterocycles. The maximum Gasteiger partial charge on any atom is 0.416 e. The number of ether oxygens (including phenoxy) is 1. The molecule has 2 aromatic carbocycles. The van der Waals surface area contributed by atoms with Gasteiger partial charge < -0.3 is 19.1 Å². The van der Waals surface area contributed by atoms with E-state index in [4.69, 9.17) is 14.2 Å². The molecule has 210 valence electrons. The van der Waals surface area contributed by atoms with Crippen molar-refractivity contribution in [2.24, 2.45) is 5.92 Å². The first-order chi connectivity index (χ1) is 19.2. The van der Waals surface area contributed by atoms with Crippen LogP contribution < -0.4 is 9.64 Å². The lowest BCUT2D eigenvalue weighted by atomic mass is 10.1. The van der Waals surface area contributed by atoms with Gasteiger partial charge in [-0.2, -0.15) is 18.2 Å². The van der Waals surface area contributed by atoms with Crippen LogP contribution in [0.2, 0.25) is 0 Å². The van der Waals surface area contributed by atoms with Crippen LogP contribution in [0, 0.1) is 5.92 Å². The zero-order valence-corrected chi connectivity index (χ0v) is 22.5. The molecule has 5 rings (SSSR count). The summed E-state index contributed by atoms with van der Waals surface area (Å²) < 4.78 is 51.4. The lowest BCUT2D eigenvalue weighted by molar-refractivity contribution is -0.137. The van der Waals surface area contributed by atoms with Gasteiger partial charge in [0.25, 0.3) is 11.6 Å². The Balaban J connectivity index is 1.52. The molecule has 1 aliphatic heterocycles. The van der Waals surface area contributed by atoms with Crippen LogP contribution in [0.4, 0.5) is 19.0 Å². The van der Waals surface area contributed by atoms with E-state index >= 15 is 0 Å². The molecular formula is C29H30F3N5O3. The highest BCUT2D eigenvalue weighted by Crippen LogP contribution is 2.37. The van der Waals surface area contributed by atoms with E-state index in [9.17, 15) is 18.0 Å². The number of fused-ring (bicyclic) bond motifs is 1. The number of benzene rings is 2. The molecule has 11 heteroatoms. The van der Waals surface area contributed by atoms with E-state index in [1.807, 2.05) is 11.0 Å². The number of anilines is 1. The molecule has 0 bridgehead atoms. The largest absolute Gasteiger partial charge is 0.496 e. The fourth-order valence-corrected chi connectivity index (χ4v) is 4.93. The molecule has 1 saturated heterocycles. The van der Waals surface area contributed by atoms with Crippen molar-refractivity contribution in [1.29, 1.82) is 0 Å². The van der Waals surface area contributed by atoms with Crippen molar-refractivity contribution < 1.29 is 27.2 Å². The van der Waals surface area contributed by atoms with Crippen LogP contribution in [0.1, 0.15) is 42.0 Å². The topological polar surface area (TPSA) is 84.6 Å². The molecule has 0 saturated carbocycles. The number of halogens is 3. The van der Waals surface area contributed by atoms with Crippen LogP contribution in [0.25, 0.3) is 22.4 Å². The minimum atomic E-state index is -4.50. The van der Waals surface area contributed by atoms with Gasteiger partial charge in [-0.1, -0.05) is 43.3 Å². The summed E-state index contributed by atoms with van der Waals surface area (Å²) in [5.74, 6) is 1.77. The Morgan fingerprint density at radius 1 is 1.05 bits per heavy atom. The Morgan fingerprint density at radius 3 is 2.60 bits per heavy atom.